The Morgan fingerprint density at radius 3 is 2.64 bits per heavy atom. The van der Waals surface area contributed by atoms with Crippen LogP contribution in [0.1, 0.15) is 41.6 Å². The van der Waals surface area contributed by atoms with Gasteiger partial charge in [-0.2, -0.15) is 0 Å². The monoisotopic (exact) mass is 389 g/mol. The summed E-state index contributed by atoms with van der Waals surface area (Å²) in [6.07, 6.45) is 3.51. The SMILES string of the molecule is NC[C@H]1CC[C@H](CC(=O)NC2Cc3cccc(C(=O)O)c3OB2O)C[C@@H]1CN. The number of carbonyl (C=O) groups excluding carboxylic acids is 1. The van der Waals surface area contributed by atoms with Gasteiger partial charge in [-0.3, -0.25) is 4.79 Å². The van der Waals surface area contributed by atoms with Crippen LogP contribution in [0.2, 0.25) is 0 Å². The van der Waals surface area contributed by atoms with E-state index in [2.05, 4.69) is 5.32 Å². The summed E-state index contributed by atoms with van der Waals surface area (Å²) in [5.74, 6) is -0.677. The Hall–Kier alpha value is -2.10. The van der Waals surface area contributed by atoms with Gasteiger partial charge in [0.25, 0.3) is 0 Å². The predicted octanol–water partition coefficient (Wildman–Crippen LogP) is 0.164. The lowest BCUT2D eigenvalue weighted by Crippen LogP contribution is -2.53. The number of fused-ring (bicyclic) bond motifs is 1. The van der Waals surface area contributed by atoms with Crippen molar-refractivity contribution in [3.63, 3.8) is 0 Å². The van der Waals surface area contributed by atoms with Crippen LogP contribution in [0.4, 0.5) is 0 Å². The molecule has 1 aliphatic heterocycles. The predicted molar refractivity (Wildman–Crippen MR) is 105 cm³/mol. The molecule has 8 nitrogen and oxygen atoms in total. The van der Waals surface area contributed by atoms with E-state index in [0.717, 1.165) is 19.3 Å². The van der Waals surface area contributed by atoms with Crippen LogP contribution in [0.15, 0.2) is 18.2 Å². The zero-order valence-electron chi connectivity index (χ0n) is 15.8. The second-order valence-electron chi connectivity index (χ2n) is 7.86. The molecule has 0 radical (unpaired) electrons. The maximum absolute atomic E-state index is 12.5. The molecule has 3 rings (SSSR count). The maximum atomic E-state index is 12.5. The number of nitrogens with one attached hydrogen (secondary N) is 1. The molecule has 0 aromatic heterocycles. The maximum Gasteiger partial charge on any atom is 0.547 e. The highest BCUT2D eigenvalue weighted by Crippen LogP contribution is 2.35. The minimum Gasteiger partial charge on any atom is -0.534 e. The number of rotatable bonds is 6. The van der Waals surface area contributed by atoms with Crippen molar-refractivity contribution in [2.24, 2.45) is 29.2 Å². The van der Waals surface area contributed by atoms with Crippen LogP contribution in [0, 0.1) is 17.8 Å². The molecule has 152 valence electrons. The molecule has 2 aliphatic rings. The number of nitrogens with two attached hydrogens (primary N) is 2. The van der Waals surface area contributed by atoms with Gasteiger partial charge in [-0.05, 0) is 68.2 Å². The van der Waals surface area contributed by atoms with E-state index in [1.165, 1.54) is 6.07 Å². The number of aromatic carboxylic acids is 1. The summed E-state index contributed by atoms with van der Waals surface area (Å²) in [5.41, 5.74) is 12.3. The average molecular weight is 389 g/mol. The number of carboxylic acid groups (broad SMARTS) is 1. The lowest BCUT2D eigenvalue weighted by atomic mass is 9.71. The van der Waals surface area contributed by atoms with Crippen molar-refractivity contribution in [3.05, 3.63) is 29.3 Å². The number of amides is 1. The molecule has 0 spiro atoms. The van der Waals surface area contributed by atoms with Crippen molar-refractivity contribution in [1.29, 1.82) is 0 Å². The van der Waals surface area contributed by atoms with Gasteiger partial charge < -0.3 is 31.6 Å². The summed E-state index contributed by atoms with van der Waals surface area (Å²) in [6, 6.07) is 4.80. The fraction of sp³-hybridized carbons (Fsp3) is 0.579. The third-order valence-corrected chi connectivity index (χ3v) is 6.02. The van der Waals surface area contributed by atoms with Gasteiger partial charge in [-0.1, -0.05) is 12.1 Å². The molecule has 1 aromatic carbocycles. The highest BCUT2D eigenvalue weighted by Gasteiger charge is 2.38. The molecule has 1 amide bonds. The van der Waals surface area contributed by atoms with Gasteiger partial charge in [-0.15, -0.1) is 0 Å². The molecule has 1 heterocycles. The summed E-state index contributed by atoms with van der Waals surface area (Å²) in [6.45, 7) is 1.21. The van der Waals surface area contributed by atoms with Crippen LogP contribution >= 0.6 is 0 Å². The third kappa shape index (κ3) is 4.48. The molecule has 1 aromatic rings. The molecule has 1 saturated carbocycles. The second kappa shape index (κ2) is 8.94. The topological polar surface area (TPSA) is 148 Å². The van der Waals surface area contributed by atoms with Gasteiger partial charge in [0.1, 0.15) is 5.75 Å². The molecule has 0 bridgehead atoms. The number of hydrogen-bond donors (Lipinski definition) is 5. The molecule has 9 heteroatoms. The zero-order chi connectivity index (χ0) is 20.3. The van der Waals surface area contributed by atoms with E-state index in [1.54, 1.807) is 12.1 Å². The van der Waals surface area contributed by atoms with E-state index in [9.17, 15) is 19.7 Å². The van der Waals surface area contributed by atoms with Crippen molar-refractivity contribution in [2.45, 2.75) is 38.0 Å². The van der Waals surface area contributed by atoms with Gasteiger partial charge in [0.2, 0.25) is 5.91 Å². The fourth-order valence-electron chi connectivity index (χ4n) is 4.45. The van der Waals surface area contributed by atoms with E-state index in [1.807, 2.05) is 0 Å². The standard InChI is InChI=1S/C19H28BN3O5/c21-9-13-5-4-11(6-14(13)10-22)7-17(24)23-16-8-12-2-1-3-15(19(25)26)18(12)28-20(16)27/h1-3,11,13-14,16,27H,4-10,21-22H2,(H,23,24)(H,25,26)/t11-,13+,14+,16?/m0/s1. The highest BCUT2D eigenvalue weighted by atomic mass is 16.5. The van der Waals surface area contributed by atoms with Crippen LogP contribution in [-0.2, 0) is 11.2 Å². The number of benzene rings is 1. The summed E-state index contributed by atoms with van der Waals surface area (Å²) in [5, 5.41) is 22.4. The number of para-hydroxylation sites is 1. The molecule has 1 aliphatic carbocycles. The van der Waals surface area contributed by atoms with Crippen LogP contribution < -0.4 is 21.4 Å². The summed E-state index contributed by atoms with van der Waals surface area (Å²) in [4.78, 5) is 23.8. The number of carboxylic acids is 1. The Morgan fingerprint density at radius 2 is 1.96 bits per heavy atom. The third-order valence-electron chi connectivity index (χ3n) is 6.02. The lowest BCUT2D eigenvalue weighted by molar-refractivity contribution is -0.122. The van der Waals surface area contributed by atoms with E-state index in [0.29, 0.717) is 43.3 Å². The largest absolute Gasteiger partial charge is 0.547 e. The molecule has 1 fully saturated rings. The molecular weight excluding hydrogens is 361 g/mol. The minimum absolute atomic E-state index is 0.00539. The van der Waals surface area contributed by atoms with Crippen molar-refractivity contribution in [3.8, 4) is 5.75 Å². The van der Waals surface area contributed by atoms with Gasteiger partial charge in [-0.25, -0.2) is 4.79 Å². The summed E-state index contributed by atoms with van der Waals surface area (Å²) < 4.78 is 5.42. The Labute approximate surface area is 164 Å². The molecular formula is C19H28BN3O5. The van der Waals surface area contributed by atoms with Crippen molar-refractivity contribution < 1.29 is 24.4 Å². The van der Waals surface area contributed by atoms with E-state index in [-0.39, 0.29) is 23.1 Å². The molecule has 28 heavy (non-hydrogen) atoms. The number of hydrogen-bond acceptors (Lipinski definition) is 6. The Kier molecular flexibility index (Phi) is 6.59. The first-order chi connectivity index (χ1) is 13.4. The first kappa shape index (κ1) is 20.6. The van der Waals surface area contributed by atoms with Gasteiger partial charge in [0.05, 0.1) is 11.5 Å². The lowest BCUT2D eigenvalue weighted by Gasteiger charge is -2.35. The zero-order valence-corrected chi connectivity index (χ0v) is 15.8. The second-order valence-corrected chi connectivity index (χ2v) is 7.86. The van der Waals surface area contributed by atoms with Crippen molar-refractivity contribution in [1.82, 2.24) is 5.32 Å². The van der Waals surface area contributed by atoms with Crippen molar-refractivity contribution >= 4 is 19.0 Å². The molecule has 1 unspecified atom stereocenters. The van der Waals surface area contributed by atoms with Crippen LogP contribution in [0.25, 0.3) is 0 Å². The van der Waals surface area contributed by atoms with Crippen LogP contribution in [0.5, 0.6) is 5.75 Å². The minimum atomic E-state index is -1.29. The summed E-state index contributed by atoms with van der Waals surface area (Å²) in [7, 11) is -1.29. The Balaban J connectivity index is 1.59. The number of carbonyl (C=O) groups is 2. The molecule has 7 N–H and O–H groups in total. The van der Waals surface area contributed by atoms with Crippen LogP contribution in [0.3, 0.4) is 0 Å². The van der Waals surface area contributed by atoms with E-state index < -0.39 is 19.0 Å². The first-order valence-corrected chi connectivity index (χ1v) is 9.82. The normalized spacial score (nSPS) is 26.9. The highest BCUT2D eigenvalue weighted by molar-refractivity contribution is 6.47. The van der Waals surface area contributed by atoms with Crippen molar-refractivity contribution in [2.75, 3.05) is 13.1 Å². The Bertz CT molecular complexity index is 732. The first-order valence-electron chi connectivity index (χ1n) is 9.82. The quantitative estimate of drug-likeness (QED) is 0.436. The molecule has 4 atom stereocenters. The van der Waals surface area contributed by atoms with Gasteiger partial charge in [0, 0.05) is 6.42 Å². The smallest absolute Gasteiger partial charge is 0.534 e. The van der Waals surface area contributed by atoms with E-state index >= 15 is 0 Å². The fourth-order valence-corrected chi connectivity index (χ4v) is 4.45. The Morgan fingerprint density at radius 1 is 1.21 bits per heavy atom. The summed E-state index contributed by atoms with van der Waals surface area (Å²) >= 11 is 0. The van der Waals surface area contributed by atoms with Crippen LogP contribution in [-0.4, -0.2) is 48.2 Å². The van der Waals surface area contributed by atoms with Gasteiger partial charge >= 0.3 is 13.1 Å². The molecule has 0 saturated heterocycles. The average Bonchev–Trinajstić information content (AvgIpc) is 2.67. The van der Waals surface area contributed by atoms with E-state index in [4.69, 9.17) is 16.1 Å². The van der Waals surface area contributed by atoms with Gasteiger partial charge in [0.15, 0.2) is 0 Å².